The molecule has 0 aromatic rings. The van der Waals surface area contributed by atoms with Crippen molar-refractivity contribution >= 4 is 33.8 Å². The lowest BCUT2D eigenvalue weighted by Gasteiger charge is -1.94. The van der Waals surface area contributed by atoms with E-state index in [0.29, 0.717) is 0 Å². The maximum absolute atomic E-state index is 10.8. The Morgan fingerprint density at radius 3 is 2.36 bits per heavy atom. The fourth-order valence-electron chi connectivity index (χ4n) is 0.451. The van der Waals surface area contributed by atoms with Crippen molar-refractivity contribution in [3.05, 3.63) is 0 Å². The molecule has 11 heavy (non-hydrogen) atoms. The van der Waals surface area contributed by atoms with Crippen molar-refractivity contribution in [1.29, 1.82) is 0 Å². The summed E-state index contributed by atoms with van der Waals surface area (Å²) in [5.41, 5.74) is 0. The summed E-state index contributed by atoms with van der Waals surface area (Å²) in [6, 6.07) is 0. The third-order valence-electron chi connectivity index (χ3n) is 1.08. The molecule has 0 rings (SSSR count). The molecule has 0 N–H and O–H groups in total. The summed E-state index contributed by atoms with van der Waals surface area (Å²) in [4.78, 5) is 21.5. The standard InChI is InChI=1S/C7H12O2S2/c1-3-4-5-11-7(9)6(8)10-2/h3-5H2,1-2H3. The van der Waals surface area contributed by atoms with E-state index in [2.05, 4.69) is 6.92 Å². The van der Waals surface area contributed by atoms with E-state index < -0.39 is 0 Å². The Labute approximate surface area is 75.5 Å². The van der Waals surface area contributed by atoms with Gasteiger partial charge in [0, 0.05) is 5.75 Å². The van der Waals surface area contributed by atoms with Gasteiger partial charge in [0.25, 0.3) is 10.2 Å². The average Bonchev–Trinajstić information content (AvgIpc) is 2.03. The second-order valence-electron chi connectivity index (χ2n) is 1.98. The van der Waals surface area contributed by atoms with Crippen LogP contribution in [0.15, 0.2) is 0 Å². The highest BCUT2D eigenvalue weighted by molar-refractivity contribution is 8.24. The lowest BCUT2D eigenvalue weighted by atomic mass is 10.4. The molecule has 0 aliphatic rings. The van der Waals surface area contributed by atoms with E-state index in [1.54, 1.807) is 6.26 Å². The molecule has 0 radical (unpaired) electrons. The third-order valence-corrected chi connectivity index (χ3v) is 2.71. The summed E-state index contributed by atoms with van der Waals surface area (Å²) in [5.74, 6) is 0.766. The summed E-state index contributed by atoms with van der Waals surface area (Å²) in [5, 5.41) is -0.656. The van der Waals surface area contributed by atoms with E-state index in [0.717, 1.165) is 42.1 Å². The highest BCUT2D eigenvalue weighted by atomic mass is 32.2. The zero-order chi connectivity index (χ0) is 8.69. The molecular formula is C7H12O2S2. The Hall–Kier alpha value is 0.0400. The number of carbonyl (C=O) groups is 2. The Kier molecular flexibility index (Phi) is 6.76. The van der Waals surface area contributed by atoms with Crippen molar-refractivity contribution in [2.75, 3.05) is 12.0 Å². The number of hydrogen-bond acceptors (Lipinski definition) is 4. The average molecular weight is 192 g/mol. The molecule has 0 saturated carbocycles. The first-order valence-electron chi connectivity index (χ1n) is 3.47. The summed E-state index contributed by atoms with van der Waals surface area (Å²) >= 11 is 2.11. The van der Waals surface area contributed by atoms with Crippen LogP contribution in [0.4, 0.5) is 0 Å². The molecule has 0 atom stereocenters. The number of carbonyl (C=O) groups excluding carboxylic acids is 2. The first kappa shape index (κ1) is 11.0. The fraction of sp³-hybridized carbons (Fsp3) is 0.714. The molecule has 0 spiro atoms. The molecule has 0 bridgehead atoms. The van der Waals surface area contributed by atoms with Gasteiger partial charge < -0.3 is 0 Å². The van der Waals surface area contributed by atoms with E-state index in [-0.39, 0.29) is 10.2 Å². The first-order chi connectivity index (χ1) is 5.22. The quantitative estimate of drug-likeness (QED) is 0.505. The highest BCUT2D eigenvalue weighted by Gasteiger charge is 2.11. The lowest BCUT2D eigenvalue weighted by Crippen LogP contribution is -2.04. The Balaban J connectivity index is 3.44. The second-order valence-corrected chi connectivity index (χ2v) is 3.83. The van der Waals surface area contributed by atoms with Crippen molar-refractivity contribution in [3.63, 3.8) is 0 Å². The first-order valence-corrected chi connectivity index (χ1v) is 5.68. The van der Waals surface area contributed by atoms with Gasteiger partial charge in [-0.05, 0) is 12.7 Å². The van der Waals surface area contributed by atoms with E-state index in [9.17, 15) is 9.59 Å². The smallest absolute Gasteiger partial charge is 0.266 e. The zero-order valence-electron chi connectivity index (χ0n) is 6.75. The summed E-state index contributed by atoms with van der Waals surface area (Å²) in [6.45, 7) is 2.06. The van der Waals surface area contributed by atoms with Gasteiger partial charge in [0.05, 0.1) is 0 Å². The van der Waals surface area contributed by atoms with Gasteiger partial charge in [-0.2, -0.15) is 0 Å². The maximum Gasteiger partial charge on any atom is 0.266 e. The molecule has 0 heterocycles. The topological polar surface area (TPSA) is 34.1 Å². The maximum atomic E-state index is 10.8. The predicted molar refractivity (Wildman–Crippen MR) is 50.9 cm³/mol. The van der Waals surface area contributed by atoms with Crippen molar-refractivity contribution in [1.82, 2.24) is 0 Å². The van der Waals surface area contributed by atoms with Gasteiger partial charge in [-0.15, -0.1) is 0 Å². The van der Waals surface area contributed by atoms with Crippen molar-refractivity contribution in [3.8, 4) is 0 Å². The van der Waals surface area contributed by atoms with Crippen molar-refractivity contribution in [2.24, 2.45) is 0 Å². The van der Waals surface area contributed by atoms with E-state index in [1.165, 1.54) is 0 Å². The highest BCUT2D eigenvalue weighted by Crippen LogP contribution is 2.10. The Morgan fingerprint density at radius 2 is 1.91 bits per heavy atom. The lowest BCUT2D eigenvalue weighted by molar-refractivity contribution is -0.126. The van der Waals surface area contributed by atoms with E-state index >= 15 is 0 Å². The van der Waals surface area contributed by atoms with Gasteiger partial charge in [0.2, 0.25) is 0 Å². The molecule has 4 heteroatoms. The predicted octanol–water partition coefficient (Wildman–Crippen LogP) is 1.94. The molecule has 0 aliphatic heterocycles. The van der Waals surface area contributed by atoms with Gasteiger partial charge in [0.1, 0.15) is 0 Å². The second kappa shape index (κ2) is 6.73. The normalized spacial score (nSPS) is 9.64. The van der Waals surface area contributed by atoms with Crippen LogP contribution in [0, 0.1) is 0 Å². The Morgan fingerprint density at radius 1 is 1.27 bits per heavy atom. The minimum absolute atomic E-state index is 0.314. The van der Waals surface area contributed by atoms with Crippen LogP contribution in [0.3, 0.4) is 0 Å². The molecule has 2 nitrogen and oxygen atoms in total. The van der Waals surface area contributed by atoms with Crippen molar-refractivity contribution in [2.45, 2.75) is 19.8 Å². The molecule has 0 amide bonds. The number of hydrogen-bond donors (Lipinski definition) is 0. The van der Waals surface area contributed by atoms with Gasteiger partial charge >= 0.3 is 0 Å². The van der Waals surface area contributed by atoms with Crippen molar-refractivity contribution < 1.29 is 9.59 Å². The molecule has 0 saturated heterocycles. The van der Waals surface area contributed by atoms with Crippen LogP contribution in [0.5, 0.6) is 0 Å². The number of thioether (sulfide) groups is 2. The van der Waals surface area contributed by atoms with Crippen LogP contribution in [-0.2, 0) is 9.59 Å². The van der Waals surface area contributed by atoms with Gasteiger partial charge in [-0.3, -0.25) is 9.59 Å². The molecule has 0 aliphatic carbocycles. The van der Waals surface area contributed by atoms with E-state index in [4.69, 9.17) is 0 Å². The minimum atomic E-state index is -0.342. The number of unbranched alkanes of at least 4 members (excludes halogenated alkanes) is 1. The summed E-state index contributed by atoms with van der Waals surface area (Å²) < 4.78 is 0. The monoisotopic (exact) mass is 192 g/mol. The SMILES string of the molecule is CCCCSC(=O)C(=O)SC. The van der Waals surface area contributed by atoms with Crippen LogP contribution in [0.25, 0.3) is 0 Å². The Bertz CT molecular complexity index is 145. The zero-order valence-corrected chi connectivity index (χ0v) is 8.39. The van der Waals surface area contributed by atoms with Crippen LogP contribution >= 0.6 is 23.5 Å². The molecule has 0 unspecified atom stereocenters. The molecule has 0 aromatic heterocycles. The molecule has 0 fully saturated rings. The van der Waals surface area contributed by atoms with Crippen LogP contribution in [-0.4, -0.2) is 22.2 Å². The molecule has 0 aromatic carbocycles. The van der Waals surface area contributed by atoms with Crippen LogP contribution in [0.2, 0.25) is 0 Å². The molecule has 64 valence electrons. The van der Waals surface area contributed by atoms with E-state index in [1.807, 2.05) is 0 Å². The largest absolute Gasteiger partial charge is 0.277 e. The third kappa shape index (κ3) is 5.32. The minimum Gasteiger partial charge on any atom is -0.277 e. The summed E-state index contributed by atoms with van der Waals surface area (Å²) in [6.07, 6.45) is 3.69. The van der Waals surface area contributed by atoms with Crippen LogP contribution in [0.1, 0.15) is 19.8 Å². The van der Waals surface area contributed by atoms with Gasteiger partial charge in [-0.25, -0.2) is 0 Å². The fourth-order valence-corrected chi connectivity index (χ4v) is 1.78. The number of rotatable bonds is 3. The molecular weight excluding hydrogens is 180 g/mol. The van der Waals surface area contributed by atoms with Gasteiger partial charge in [-0.1, -0.05) is 36.9 Å². The summed E-state index contributed by atoms with van der Waals surface area (Å²) in [7, 11) is 0. The van der Waals surface area contributed by atoms with Gasteiger partial charge in [0.15, 0.2) is 0 Å². The van der Waals surface area contributed by atoms with Crippen LogP contribution < -0.4 is 0 Å².